The highest BCUT2D eigenvalue weighted by Gasteiger charge is 2.12. The van der Waals surface area contributed by atoms with Crippen LogP contribution in [-0.2, 0) is 13.1 Å². The molecule has 2 heterocycles. The quantitative estimate of drug-likeness (QED) is 0.554. The lowest BCUT2D eigenvalue weighted by Gasteiger charge is -2.23. The Hall–Kier alpha value is -2.01. The molecule has 28 heavy (non-hydrogen) atoms. The second kappa shape index (κ2) is 8.56. The third-order valence-electron chi connectivity index (χ3n) is 5.88. The lowest BCUT2D eigenvalue weighted by Crippen LogP contribution is -2.28. The Morgan fingerprint density at radius 1 is 0.643 bits per heavy atom. The van der Waals surface area contributed by atoms with E-state index >= 15 is 0 Å². The Morgan fingerprint density at radius 2 is 1.11 bits per heavy atom. The van der Waals surface area contributed by atoms with Gasteiger partial charge in [-0.2, -0.15) is 0 Å². The van der Waals surface area contributed by atoms with Crippen LogP contribution in [0, 0.1) is 0 Å². The average molecular weight is 377 g/mol. The summed E-state index contributed by atoms with van der Waals surface area (Å²) >= 11 is 0. The van der Waals surface area contributed by atoms with E-state index in [-0.39, 0.29) is 0 Å². The first kappa shape index (κ1) is 19.3. The molecule has 1 aromatic heterocycles. The minimum absolute atomic E-state index is 0.946. The third-order valence-corrected chi connectivity index (χ3v) is 5.88. The maximum atomic E-state index is 5.19. The Balaban J connectivity index is 1.78. The molecule has 4 nitrogen and oxygen atoms in total. The molecule has 0 amide bonds. The normalized spacial score (nSPS) is 19.1. The van der Waals surface area contributed by atoms with Gasteiger partial charge in [0.15, 0.2) is 0 Å². The molecule has 0 spiro atoms. The van der Waals surface area contributed by atoms with E-state index in [1.54, 1.807) is 0 Å². The molecule has 0 atom stereocenters. The zero-order valence-corrected chi connectivity index (χ0v) is 17.5. The highest BCUT2D eigenvalue weighted by atomic mass is 15.1. The number of para-hydroxylation sites is 2. The van der Waals surface area contributed by atoms with Gasteiger partial charge in [0, 0.05) is 23.9 Å². The van der Waals surface area contributed by atoms with Crippen molar-refractivity contribution >= 4 is 21.8 Å². The van der Waals surface area contributed by atoms with Crippen LogP contribution in [0.2, 0.25) is 0 Å². The molecule has 0 aliphatic carbocycles. The molecule has 0 saturated heterocycles. The Labute approximate surface area is 168 Å². The lowest BCUT2D eigenvalue weighted by molar-refractivity contribution is 0.253. The van der Waals surface area contributed by atoms with Crippen molar-refractivity contribution in [2.75, 3.05) is 47.3 Å². The summed E-state index contributed by atoms with van der Waals surface area (Å²) in [7, 11) is 6.70. The molecule has 0 saturated carbocycles. The fourth-order valence-electron chi connectivity index (χ4n) is 4.34. The molecule has 0 unspecified atom stereocenters. The van der Waals surface area contributed by atoms with E-state index in [0.717, 1.165) is 50.3 Å². The topological polar surface area (TPSA) is 22.6 Å². The van der Waals surface area contributed by atoms with E-state index in [9.17, 15) is 0 Å². The molecule has 3 aromatic rings. The van der Waals surface area contributed by atoms with Crippen molar-refractivity contribution in [3.05, 3.63) is 53.6 Å². The van der Waals surface area contributed by atoms with Gasteiger partial charge in [-0.15, -0.1) is 0 Å². The van der Waals surface area contributed by atoms with Crippen molar-refractivity contribution in [2.24, 2.45) is 0 Å². The van der Waals surface area contributed by atoms with Gasteiger partial charge in [-0.25, -0.2) is 4.98 Å². The smallest absolute Gasteiger partial charge is 0.0754 e. The first-order valence-corrected chi connectivity index (χ1v) is 10.5. The number of nitrogens with zero attached hydrogens (tertiary/aromatic N) is 4. The van der Waals surface area contributed by atoms with E-state index in [4.69, 9.17) is 4.98 Å². The largest absolute Gasteiger partial charge is 0.306 e. The van der Waals surface area contributed by atoms with Crippen LogP contribution in [-0.4, -0.2) is 67.0 Å². The van der Waals surface area contributed by atoms with Gasteiger partial charge in [-0.1, -0.05) is 36.4 Å². The maximum Gasteiger partial charge on any atom is 0.0754 e. The molecule has 2 bridgehead atoms. The van der Waals surface area contributed by atoms with Crippen LogP contribution in [0.25, 0.3) is 21.8 Å². The minimum atomic E-state index is 0.946. The van der Waals surface area contributed by atoms with E-state index < -0.39 is 0 Å². The highest BCUT2D eigenvalue weighted by molar-refractivity contribution is 5.95. The summed E-state index contributed by atoms with van der Waals surface area (Å²) in [6.45, 7) is 6.43. The lowest BCUT2D eigenvalue weighted by atomic mass is 10.0. The van der Waals surface area contributed by atoms with Gasteiger partial charge in [0.1, 0.15) is 0 Å². The SMILES string of the molecule is CN1CCCN(C)Cc2cccc3cc4cccc(c4nc23)CN(C)CCC1. The van der Waals surface area contributed by atoms with Crippen molar-refractivity contribution in [1.82, 2.24) is 19.7 Å². The van der Waals surface area contributed by atoms with Crippen molar-refractivity contribution < 1.29 is 0 Å². The number of hydrogen-bond acceptors (Lipinski definition) is 4. The zero-order chi connectivity index (χ0) is 19.5. The molecule has 0 N–H and O–H groups in total. The summed E-state index contributed by atoms with van der Waals surface area (Å²) in [5, 5.41) is 2.48. The standard InChI is InChI=1S/C24H32N4/c1-26-12-6-14-27(2)17-21-10-4-8-19-16-20-9-5-11-22(24(20)25-23(19)21)18-28(3)15-7-13-26/h4-5,8-11,16H,6-7,12-15,17-18H2,1-3H3. The van der Waals surface area contributed by atoms with Gasteiger partial charge in [-0.3, -0.25) is 0 Å². The second-order valence-electron chi connectivity index (χ2n) is 8.45. The van der Waals surface area contributed by atoms with Crippen LogP contribution >= 0.6 is 0 Å². The summed E-state index contributed by atoms with van der Waals surface area (Å²) < 4.78 is 0. The number of pyridine rings is 1. The molecule has 2 aromatic carbocycles. The minimum Gasteiger partial charge on any atom is -0.306 e. The monoisotopic (exact) mass is 376 g/mol. The van der Waals surface area contributed by atoms with Crippen LogP contribution in [0.15, 0.2) is 42.5 Å². The zero-order valence-electron chi connectivity index (χ0n) is 17.5. The Bertz CT molecular complexity index is 879. The van der Waals surface area contributed by atoms with E-state index in [1.807, 2.05) is 0 Å². The highest BCUT2D eigenvalue weighted by Crippen LogP contribution is 2.26. The summed E-state index contributed by atoms with van der Waals surface area (Å²) in [5.74, 6) is 0. The molecule has 1 aliphatic heterocycles. The fraction of sp³-hybridized carbons (Fsp3) is 0.458. The fourth-order valence-corrected chi connectivity index (χ4v) is 4.34. The van der Waals surface area contributed by atoms with Crippen molar-refractivity contribution in [3.8, 4) is 0 Å². The molecule has 4 heteroatoms. The van der Waals surface area contributed by atoms with Crippen LogP contribution in [0.4, 0.5) is 0 Å². The van der Waals surface area contributed by atoms with E-state index in [0.29, 0.717) is 0 Å². The molecular weight excluding hydrogens is 344 g/mol. The van der Waals surface area contributed by atoms with Crippen LogP contribution in [0.5, 0.6) is 0 Å². The number of aromatic nitrogens is 1. The molecule has 0 fully saturated rings. The van der Waals surface area contributed by atoms with Crippen molar-refractivity contribution in [1.29, 1.82) is 0 Å². The van der Waals surface area contributed by atoms with Crippen molar-refractivity contribution in [3.63, 3.8) is 0 Å². The third kappa shape index (κ3) is 4.35. The first-order valence-electron chi connectivity index (χ1n) is 10.5. The van der Waals surface area contributed by atoms with Crippen LogP contribution < -0.4 is 0 Å². The summed E-state index contributed by atoms with van der Waals surface area (Å²) in [6.07, 6.45) is 2.40. The molecule has 0 radical (unpaired) electrons. The van der Waals surface area contributed by atoms with E-state index in [2.05, 4.69) is 78.3 Å². The van der Waals surface area contributed by atoms with Gasteiger partial charge in [0.05, 0.1) is 11.0 Å². The van der Waals surface area contributed by atoms with Gasteiger partial charge in [0.25, 0.3) is 0 Å². The van der Waals surface area contributed by atoms with E-state index in [1.165, 1.54) is 34.7 Å². The maximum absolute atomic E-state index is 5.19. The molecular formula is C24H32N4. The summed E-state index contributed by atoms with van der Waals surface area (Å²) in [6, 6.07) is 15.5. The van der Waals surface area contributed by atoms with Gasteiger partial charge in [-0.05, 0) is 77.4 Å². The molecule has 148 valence electrons. The van der Waals surface area contributed by atoms with Crippen LogP contribution in [0.3, 0.4) is 0 Å². The predicted molar refractivity (Wildman–Crippen MR) is 119 cm³/mol. The summed E-state index contributed by atoms with van der Waals surface area (Å²) in [4.78, 5) is 12.5. The predicted octanol–water partition coefficient (Wildman–Crippen LogP) is 3.98. The van der Waals surface area contributed by atoms with Gasteiger partial charge < -0.3 is 14.7 Å². The average Bonchev–Trinajstić information content (AvgIpc) is 2.66. The molecule has 4 rings (SSSR count). The number of hydrogen-bond donors (Lipinski definition) is 0. The number of rotatable bonds is 0. The second-order valence-corrected chi connectivity index (χ2v) is 8.45. The number of benzene rings is 2. The first-order chi connectivity index (χ1) is 13.6. The van der Waals surface area contributed by atoms with Gasteiger partial charge >= 0.3 is 0 Å². The van der Waals surface area contributed by atoms with Crippen LogP contribution in [0.1, 0.15) is 24.0 Å². The summed E-state index contributed by atoms with van der Waals surface area (Å²) in [5.41, 5.74) is 4.96. The Morgan fingerprint density at radius 3 is 1.61 bits per heavy atom. The van der Waals surface area contributed by atoms with Gasteiger partial charge in [0.2, 0.25) is 0 Å². The van der Waals surface area contributed by atoms with Crippen molar-refractivity contribution in [2.45, 2.75) is 25.9 Å². The Kier molecular flexibility index (Phi) is 5.90. The molecule has 1 aliphatic rings.